The highest BCUT2D eigenvalue weighted by molar-refractivity contribution is 9.10. The second-order valence-corrected chi connectivity index (χ2v) is 6.25. The minimum absolute atomic E-state index is 0.0592. The molecule has 1 fully saturated rings. The smallest absolute Gasteiger partial charge is 0.254 e. The van der Waals surface area contributed by atoms with E-state index >= 15 is 0 Å². The van der Waals surface area contributed by atoms with Crippen LogP contribution in [0.15, 0.2) is 16.6 Å². The molecule has 0 aliphatic carbocycles. The Bertz CT molecular complexity index is 510. The van der Waals surface area contributed by atoms with Crippen LogP contribution in [-0.4, -0.2) is 37.6 Å². The summed E-state index contributed by atoms with van der Waals surface area (Å²) in [5.41, 5.74) is 0.636. The van der Waals surface area contributed by atoms with Crippen molar-refractivity contribution in [1.82, 2.24) is 4.90 Å². The van der Waals surface area contributed by atoms with E-state index in [1.54, 1.807) is 13.2 Å². The molecule has 1 heterocycles. The van der Waals surface area contributed by atoms with Crippen molar-refractivity contribution >= 4 is 21.8 Å². The van der Waals surface area contributed by atoms with Crippen LogP contribution in [0.4, 0.5) is 0 Å². The summed E-state index contributed by atoms with van der Waals surface area (Å²) in [5.74, 6) is 1.99. The first-order valence-electron chi connectivity index (χ1n) is 7.36. The Hall–Kier alpha value is -1.23. The number of rotatable bonds is 4. The second-order valence-electron chi connectivity index (χ2n) is 5.40. The molecular weight excluding hydrogens is 334 g/mol. The molecule has 1 amide bonds. The monoisotopic (exact) mass is 355 g/mol. The zero-order valence-corrected chi connectivity index (χ0v) is 14.4. The number of carbonyl (C=O) groups excluding carboxylic acids is 1. The van der Waals surface area contributed by atoms with Crippen LogP contribution in [0, 0.1) is 5.92 Å². The maximum atomic E-state index is 12.6. The standard InChI is InChI=1S/C16H22BrNO3/c1-4-21-15-13(17)9-12(10-14(15)20-3)16(19)18-7-5-11(2)6-8-18/h9-11H,4-8H2,1-3H3. The average Bonchev–Trinajstić information content (AvgIpc) is 2.49. The Morgan fingerprint density at radius 3 is 2.62 bits per heavy atom. The molecule has 0 N–H and O–H groups in total. The number of benzene rings is 1. The first-order valence-corrected chi connectivity index (χ1v) is 8.15. The molecule has 5 heteroatoms. The molecule has 2 rings (SSSR count). The van der Waals surface area contributed by atoms with E-state index in [9.17, 15) is 4.79 Å². The van der Waals surface area contributed by atoms with E-state index in [0.717, 1.165) is 30.4 Å². The molecule has 1 saturated heterocycles. The Kier molecular flexibility index (Phi) is 5.51. The third-order valence-corrected chi connectivity index (χ3v) is 4.42. The van der Waals surface area contributed by atoms with Gasteiger partial charge in [-0.2, -0.15) is 0 Å². The molecule has 116 valence electrons. The molecule has 0 saturated carbocycles. The number of piperidine rings is 1. The van der Waals surface area contributed by atoms with Gasteiger partial charge in [-0.3, -0.25) is 4.79 Å². The highest BCUT2D eigenvalue weighted by Crippen LogP contribution is 2.37. The van der Waals surface area contributed by atoms with Gasteiger partial charge in [-0.15, -0.1) is 0 Å². The highest BCUT2D eigenvalue weighted by atomic mass is 79.9. The number of likely N-dealkylation sites (tertiary alicyclic amines) is 1. The van der Waals surface area contributed by atoms with Crippen LogP contribution in [0.5, 0.6) is 11.5 Å². The number of nitrogens with zero attached hydrogens (tertiary/aromatic N) is 1. The van der Waals surface area contributed by atoms with E-state index in [-0.39, 0.29) is 5.91 Å². The normalized spacial score (nSPS) is 15.9. The molecule has 4 nitrogen and oxygen atoms in total. The summed E-state index contributed by atoms with van der Waals surface area (Å²) in [4.78, 5) is 14.5. The van der Waals surface area contributed by atoms with Crippen LogP contribution in [0.25, 0.3) is 0 Å². The fourth-order valence-electron chi connectivity index (χ4n) is 2.52. The number of hydrogen-bond donors (Lipinski definition) is 0. The van der Waals surface area contributed by atoms with Gasteiger partial charge in [0.25, 0.3) is 5.91 Å². The van der Waals surface area contributed by atoms with Gasteiger partial charge in [0.1, 0.15) is 0 Å². The molecule has 0 atom stereocenters. The minimum atomic E-state index is 0.0592. The summed E-state index contributed by atoms with van der Waals surface area (Å²) in [6, 6.07) is 3.57. The maximum absolute atomic E-state index is 12.6. The van der Waals surface area contributed by atoms with Crippen molar-refractivity contribution < 1.29 is 14.3 Å². The van der Waals surface area contributed by atoms with Gasteiger partial charge in [0.05, 0.1) is 18.2 Å². The lowest BCUT2D eigenvalue weighted by Crippen LogP contribution is -2.37. The Morgan fingerprint density at radius 1 is 1.38 bits per heavy atom. The first-order chi connectivity index (χ1) is 10.1. The fourth-order valence-corrected chi connectivity index (χ4v) is 3.08. The van der Waals surface area contributed by atoms with Crippen LogP contribution < -0.4 is 9.47 Å². The van der Waals surface area contributed by atoms with Crippen molar-refractivity contribution in [2.75, 3.05) is 26.8 Å². The van der Waals surface area contributed by atoms with Crippen LogP contribution in [0.1, 0.15) is 37.0 Å². The molecule has 0 bridgehead atoms. The molecule has 1 aromatic carbocycles. The molecule has 0 radical (unpaired) electrons. The van der Waals surface area contributed by atoms with E-state index < -0.39 is 0 Å². The van der Waals surface area contributed by atoms with Crippen LogP contribution in [0.2, 0.25) is 0 Å². The lowest BCUT2D eigenvalue weighted by molar-refractivity contribution is 0.0696. The van der Waals surface area contributed by atoms with E-state index in [1.807, 2.05) is 17.9 Å². The summed E-state index contributed by atoms with van der Waals surface area (Å²) in [5, 5.41) is 0. The van der Waals surface area contributed by atoms with Gasteiger partial charge < -0.3 is 14.4 Å². The first kappa shape index (κ1) is 16.1. The molecule has 0 aromatic heterocycles. The summed E-state index contributed by atoms with van der Waals surface area (Å²) in [6.45, 7) is 6.35. The number of amides is 1. The van der Waals surface area contributed by atoms with Crippen molar-refractivity contribution in [3.63, 3.8) is 0 Å². The van der Waals surface area contributed by atoms with E-state index in [0.29, 0.717) is 29.6 Å². The van der Waals surface area contributed by atoms with Crippen LogP contribution in [-0.2, 0) is 0 Å². The molecule has 1 aromatic rings. The second kappa shape index (κ2) is 7.16. The summed E-state index contributed by atoms with van der Waals surface area (Å²) < 4.78 is 11.7. The highest BCUT2D eigenvalue weighted by Gasteiger charge is 2.23. The van der Waals surface area contributed by atoms with Crippen molar-refractivity contribution in [2.24, 2.45) is 5.92 Å². The maximum Gasteiger partial charge on any atom is 0.254 e. The van der Waals surface area contributed by atoms with Crippen molar-refractivity contribution in [3.8, 4) is 11.5 Å². The van der Waals surface area contributed by atoms with Crippen molar-refractivity contribution in [3.05, 3.63) is 22.2 Å². The number of carbonyl (C=O) groups is 1. The fraction of sp³-hybridized carbons (Fsp3) is 0.562. The Labute approximate surface area is 134 Å². The molecule has 0 spiro atoms. The van der Waals surface area contributed by atoms with Crippen molar-refractivity contribution in [2.45, 2.75) is 26.7 Å². The number of hydrogen-bond acceptors (Lipinski definition) is 3. The van der Waals surface area contributed by atoms with E-state index in [4.69, 9.17) is 9.47 Å². The lowest BCUT2D eigenvalue weighted by Gasteiger charge is -2.30. The molecule has 1 aliphatic rings. The Balaban J connectivity index is 2.23. The number of ether oxygens (including phenoxy) is 2. The summed E-state index contributed by atoms with van der Waals surface area (Å²) in [6.07, 6.45) is 2.14. The molecular formula is C16H22BrNO3. The summed E-state index contributed by atoms with van der Waals surface area (Å²) in [7, 11) is 1.58. The quantitative estimate of drug-likeness (QED) is 0.825. The van der Waals surface area contributed by atoms with Crippen LogP contribution in [0.3, 0.4) is 0 Å². The van der Waals surface area contributed by atoms with Gasteiger partial charge >= 0.3 is 0 Å². The molecule has 1 aliphatic heterocycles. The zero-order valence-electron chi connectivity index (χ0n) is 12.8. The summed E-state index contributed by atoms with van der Waals surface area (Å²) >= 11 is 3.47. The molecule has 0 unspecified atom stereocenters. The Morgan fingerprint density at radius 2 is 2.05 bits per heavy atom. The average molecular weight is 356 g/mol. The van der Waals surface area contributed by atoms with E-state index in [2.05, 4.69) is 22.9 Å². The minimum Gasteiger partial charge on any atom is -0.493 e. The van der Waals surface area contributed by atoms with Crippen molar-refractivity contribution in [1.29, 1.82) is 0 Å². The lowest BCUT2D eigenvalue weighted by atomic mass is 9.98. The van der Waals surface area contributed by atoms with Crippen LogP contribution >= 0.6 is 15.9 Å². The number of halogens is 1. The van der Waals surface area contributed by atoms with Gasteiger partial charge in [0.2, 0.25) is 0 Å². The topological polar surface area (TPSA) is 38.8 Å². The van der Waals surface area contributed by atoms with Gasteiger partial charge in [0.15, 0.2) is 11.5 Å². The van der Waals surface area contributed by atoms with E-state index in [1.165, 1.54) is 0 Å². The number of methoxy groups -OCH3 is 1. The predicted octanol–water partition coefficient (Wildman–Crippen LogP) is 3.73. The SMILES string of the molecule is CCOc1c(Br)cc(C(=O)N2CCC(C)CC2)cc1OC. The van der Waals surface area contributed by atoms with Gasteiger partial charge in [0, 0.05) is 18.7 Å². The zero-order chi connectivity index (χ0) is 15.4. The third kappa shape index (κ3) is 3.70. The van der Waals surface area contributed by atoms with Gasteiger partial charge in [-0.05, 0) is 53.7 Å². The largest absolute Gasteiger partial charge is 0.493 e. The predicted molar refractivity (Wildman–Crippen MR) is 86.2 cm³/mol. The third-order valence-electron chi connectivity index (χ3n) is 3.84. The van der Waals surface area contributed by atoms with Gasteiger partial charge in [-0.1, -0.05) is 6.92 Å². The van der Waals surface area contributed by atoms with Gasteiger partial charge in [-0.25, -0.2) is 0 Å². The molecule has 21 heavy (non-hydrogen) atoms.